The molecular formula is C19H37N2+. The van der Waals surface area contributed by atoms with Crippen LogP contribution in [0.5, 0.6) is 0 Å². The van der Waals surface area contributed by atoms with Gasteiger partial charge in [-0.25, -0.2) is 4.57 Å². The summed E-state index contributed by atoms with van der Waals surface area (Å²) in [6.45, 7) is 4.58. The molecule has 0 aliphatic rings. The van der Waals surface area contributed by atoms with Crippen LogP contribution in [0, 0.1) is 0 Å². The van der Waals surface area contributed by atoms with E-state index in [0.717, 1.165) is 0 Å². The molecule has 0 saturated heterocycles. The summed E-state index contributed by atoms with van der Waals surface area (Å²) in [5.74, 6) is 0. The summed E-state index contributed by atoms with van der Waals surface area (Å²) in [5, 5.41) is 0. The van der Waals surface area contributed by atoms with Crippen molar-refractivity contribution in [1.82, 2.24) is 4.98 Å². The molecule has 122 valence electrons. The molecule has 0 radical (unpaired) electrons. The molecule has 0 fully saturated rings. The van der Waals surface area contributed by atoms with Crippen LogP contribution in [-0.4, -0.2) is 4.98 Å². The smallest absolute Gasteiger partial charge is 0.241 e. The number of hydrogen-bond acceptors (Lipinski definition) is 0. The quantitative estimate of drug-likeness (QED) is 0.323. The first-order valence-electron chi connectivity index (χ1n) is 9.42. The molecule has 0 spiro atoms. The van der Waals surface area contributed by atoms with E-state index in [2.05, 4.69) is 35.9 Å². The average molecular weight is 294 g/mol. The Morgan fingerprint density at radius 3 is 1.86 bits per heavy atom. The fourth-order valence-corrected chi connectivity index (χ4v) is 3.14. The maximum atomic E-state index is 3.15. The van der Waals surface area contributed by atoms with Crippen LogP contribution in [0.15, 0.2) is 18.7 Å². The zero-order chi connectivity index (χ0) is 15.2. The molecule has 21 heavy (non-hydrogen) atoms. The molecule has 1 N–H and O–H groups in total. The van der Waals surface area contributed by atoms with E-state index >= 15 is 0 Å². The van der Waals surface area contributed by atoms with Crippen molar-refractivity contribution in [1.29, 1.82) is 0 Å². The maximum Gasteiger partial charge on any atom is 0.241 e. The zero-order valence-electron chi connectivity index (χ0n) is 14.4. The summed E-state index contributed by atoms with van der Waals surface area (Å²) in [5.41, 5.74) is 0. The molecule has 0 amide bonds. The molecule has 0 bridgehead atoms. The number of nitrogens with zero attached hydrogens (tertiary/aromatic N) is 1. The molecule has 1 rings (SSSR count). The largest absolute Gasteiger partial charge is 0.250 e. The molecule has 1 aromatic heterocycles. The molecule has 0 aromatic carbocycles. The van der Waals surface area contributed by atoms with Gasteiger partial charge in [-0.2, -0.15) is 0 Å². The number of H-pyrrole nitrogens is 1. The predicted octanol–water partition coefficient (Wildman–Crippen LogP) is 5.95. The highest BCUT2D eigenvalue weighted by Gasteiger charge is 2.11. The predicted molar refractivity (Wildman–Crippen MR) is 91.4 cm³/mol. The lowest BCUT2D eigenvalue weighted by atomic mass is 10.0. The van der Waals surface area contributed by atoms with Gasteiger partial charge in [0.25, 0.3) is 0 Å². The van der Waals surface area contributed by atoms with E-state index in [1.165, 1.54) is 83.5 Å². The lowest BCUT2D eigenvalue weighted by molar-refractivity contribution is -0.722. The van der Waals surface area contributed by atoms with Gasteiger partial charge in [0.15, 0.2) is 0 Å². The van der Waals surface area contributed by atoms with Crippen molar-refractivity contribution in [3.8, 4) is 0 Å². The molecule has 2 heteroatoms. The van der Waals surface area contributed by atoms with Gasteiger partial charge in [-0.3, -0.25) is 4.98 Å². The molecule has 0 saturated carbocycles. The summed E-state index contributed by atoms with van der Waals surface area (Å²) in [4.78, 5) is 3.15. The van der Waals surface area contributed by atoms with Crippen molar-refractivity contribution < 1.29 is 4.57 Å². The number of imidazole rings is 1. The molecule has 1 heterocycles. The minimum Gasteiger partial charge on any atom is -0.250 e. The number of unbranched alkanes of at least 4 members (excludes halogenated alkanes) is 10. The highest BCUT2D eigenvalue weighted by Crippen LogP contribution is 2.16. The molecule has 1 unspecified atom stereocenters. The first kappa shape index (κ1) is 18.3. The number of rotatable bonds is 14. The van der Waals surface area contributed by atoms with E-state index in [4.69, 9.17) is 0 Å². The molecule has 0 aliphatic heterocycles. The first-order chi connectivity index (χ1) is 10.4. The van der Waals surface area contributed by atoms with E-state index in [1.807, 2.05) is 6.20 Å². The van der Waals surface area contributed by atoms with Gasteiger partial charge < -0.3 is 0 Å². The number of aromatic amines is 1. The van der Waals surface area contributed by atoms with Crippen molar-refractivity contribution in [2.75, 3.05) is 0 Å². The van der Waals surface area contributed by atoms with Crippen molar-refractivity contribution in [2.24, 2.45) is 0 Å². The van der Waals surface area contributed by atoms with Crippen LogP contribution in [0.3, 0.4) is 0 Å². The van der Waals surface area contributed by atoms with Crippen LogP contribution in [0.2, 0.25) is 0 Å². The average Bonchev–Trinajstić information content (AvgIpc) is 3.03. The summed E-state index contributed by atoms with van der Waals surface area (Å²) < 4.78 is 2.33. The van der Waals surface area contributed by atoms with Gasteiger partial charge >= 0.3 is 0 Å². The molecule has 1 atom stereocenters. The summed E-state index contributed by atoms with van der Waals surface area (Å²) in [6, 6.07) is 0.690. The third-order valence-corrected chi connectivity index (χ3v) is 4.60. The molecule has 0 aliphatic carbocycles. The second kappa shape index (κ2) is 12.9. The highest BCUT2D eigenvalue weighted by atomic mass is 15.0. The Hall–Kier alpha value is -0.790. The lowest BCUT2D eigenvalue weighted by Crippen LogP contribution is -2.36. The van der Waals surface area contributed by atoms with E-state index < -0.39 is 0 Å². The summed E-state index contributed by atoms with van der Waals surface area (Å²) in [7, 11) is 0. The Labute approximate surface area is 132 Å². The number of hydrogen-bond donors (Lipinski definition) is 1. The van der Waals surface area contributed by atoms with Gasteiger partial charge in [-0.1, -0.05) is 78.1 Å². The van der Waals surface area contributed by atoms with Crippen LogP contribution in [0.1, 0.15) is 103 Å². The van der Waals surface area contributed by atoms with Crippen LogP contribution >= 0.6 is 0 Å². The maximum absolute atomic E-state index is 3.15. The monoisotopic (exact) mass is 293 g/mol. The third-order valence-electron chi connectivity index (χ3n) is 4.60. The fourth-order valence-electron chi connectivity index (χ4n) is 3.14. The second-order valence-electron chi connectivity index (χ2n) is 6.44. The number of nitrogens with one attached hydrogen (secondary N) is 1. The molecular weight excluding hydrogens is 256 g/mol. The zero-order valence-corrected chi connectivity index (χ0v) is 14.4. The van der Waals surface area contributed by atoms with Gasteiger partial charge in [-0.15, -0.1) is 0 Å². The van der Waals surface area contributed by atoms with Crippen molar-refractivity contribution >= 4 is 0 Å². The van der Waals surface area contributed by atoms with Crippen molar-refractivity contribution in [3.05, 3.63) is 18.7 Å². The Kier molecular flexibility index (Phi) is 11.2. The van der Waals surface area contributed by atoms with Gasteiger partial charge in [-0.05, 0) is 19.3 Å². The van der Waals surface area contributed by atoms with Gasteiger partial charge in [0.2, 0.25) is 6.33 Å². The summed E-state index contributed by atoms with van der Waals surface area (Å²) in [6.07, 6.45) is 24.6. The van der Waals surface area contributed by atoms with Crippen molar-refractivity contribution in [2.45, 2.75) is 103 Å². The van der Waals surface area contributed by atoms with Crippen LogP contribution < -0.4 is 4.57 Å². The SMILES string of the molecule is CCCCCCCCCCCCCC(CC)[n+]1cc[nH]c1. The molecule has 2 nitrogen and oxygen atoms in total. The first-order valence-corrected chi connectivity index (χ1v) is 9.42. The lowest BCUT2D eigenvalue weighted by Gasteiger charge is -2.11. The Morgan fingerprint density at radius 1 is 0.810 bits per heavy atom. The van der Waals surface area contributed by atoms with Gasteiger partial charge in [0, 0.05) is 0 Å². The van der Waals surface area contributed by atoms with Crippen molar-refractivity contribution in [3.63, 3.8) is 0 Å². The molecule has 1 aromatic rings. The van der Waals surface area contributed by atoms with E-state index in [9.17, 15) is 0 Å². The van der Waals surface area contributed by atoms with E-state index in [-0.39, 0.29) is 0 Å². The van der Waals surface area contributed by atoms with Crippen LogP contribution in [0.25, 0.3) is 0 Å². The van der Waals surface area contributed by atoms with E-state index in [1.54, 1.807) is 0 Å². The Balaban J connectivity index is 1.88. The minimum absolute atomic E-state index is 0.690. The highest BCUT2D eigenvalue weighted by molar-refractivity contribution is 4.60. The van der Waals surface area contributed by atoms with Gasteiger partial charge in [0.1, 0.15) is 18.4 Å². The normalized spacial score (nSPS) is 12.7. The standard InChI is InChI=1S/C19H36N2/c1-3-5-6-7-8-9-10-11-12-13-14-15-19(4-2)21-17-16-20-18-21/h16-19H,3-15H2,1-2H3/p+1. The fraction of sp³-hybridized carbons (Fsp3) is 0.842. The second-order valence-corrected chi connectivity index (χ2v) is 6.44. The van der Waals surface area contributed by atoms with E-state index in [0.29, 0.717) is 6.04 Å². The topological polar surface area (TPSA) is 19.7 Å². The van der Waals surface area contributed by atoms with Gasteiger partial charge in [0.05, 0.1) is 0 Å². The van der Waals surface area contributed by atoms with Crippen LogP contribution in [-0.2, 0) is 0 Å². The third kappa shape index (κ3) is 8.95. The number of aromatic nitrogens is 2. The Morgan fingerprint density at radius 2 is 1.38 bits per heavy atom. The summed E-state index contributed by atoms with van der Waals surface area (Å²) >= 11 is 0. The Bertz CT molecular complexity index is 305. The minimum atomic E-state index is 0.690. The van der Waals surface area contributed by atoms with Crippen LogP contribution in [0.4, 0.5) is 0 Å².